The first-order valence-corrected chi connectivity index (χ1v) is 8.40. The number of fused-ring (bicyclic) bond motifs is 1. The van der Waals surface area contributed by atoms with E-state index in [2.05, 4.69) is 9.97 Å². The van der Waals surface area contributed by atoms with Gasteiger partial charge in [-0.3, -0.25) is 0 Å². The van der Waals surface area contributed by atoms with Crippen molar-refractivity contribution in [3.63, 3.8) is 0 Å². The number of aromatic nitrogens is 2. The van der Waals surface area contributed by atoms with Crippen molar-refractivity contribution in [1.29, 1.82) is 0 Å². The maximum absolute atomic E-state index is 13.0. The molecule has 0 saturated carbocycles. The highest BCUT2D eigenvalue weighted by molar-refractivity contribution is 7.91. The lowest BCUT2D eigenvalue weighted by molar-refractivity contribution is 0.581. The molecule has 1 aromatic carbocycles. The molecule has 0 saturated heterocycles. The van der Waals surface area contributed by atoms with Gasteiger partial charge in [-0.2, -0.15) is 0 Å². The first-order valence-electron chi connectivity index (χ1n) is 6.54. The Labute approximate surface area is 126 Å². The van der Waals surface area contributed by atoms with Crippen LogP contribution in [0.5, 0.6) is 0 Å². The summed E-state index contributed by atoms with van der Waals surface area (Å²) in [6.45, 7) is 0. The van der Waals surface area contributed by atoms with Gasteiger partial charge in [0.05, 0.1) is 4.90 Å². The van der Waals surface area contributed by atoms with Crippen molar-refractivity contribution in [3.05, 3.63) is 46.6 Å². The molecule has 1 aliphatic rings. The third kappa shape index (κ3) is 2.65. The summed E-state index contributed by atoms with van der Waals surface area (Å²) in [6, 6.07) is 4.69. The maximum atomic E-state index is 13.0. The zero-order chi connectivity index (χ0) is 15.0. The smallest absolute Gasteiger partial charge is 0.223 e. The number of rotatable bonds is 2. The molecule has 4 nitrogen and oxygen atoms in total. The number of halogens is 2. The van der Waals surface area contributed by atoms with Crippen LogP contribution < -0.4 is 0 Å². The predicted octanol–water partition coefficient (Wildman–Crippen LogP) is 2.98. The van der Waals surface area contributed by atoms with E-state index in [9.17, 15) is 12.8 Å². The van der Waals surface area contributed by atoms with Crippen molar-refractivity contribution in [3.8, 4) is 0 Å². The van der Waals surface area contributed by atoms with Crippen LogP contribution in [-0.4, -0.2) is 18.4 Å². The predicted molar refractivity (Wildman–Crippen MR) is 75.5 cm³/mol. The molecular weight excluding hydrogens is 315 g/mol. The van der Waals surface area contributed by atoms with Gasteiger partial charge in [0.2, 0.25) is 15.1 Å². The maximum Gasteiger partial charge on any atom is 0.224 e. The number of sulfone groups is 1. The van der Waals surface area contributed by atoms with Crippen molar-refractivity contribution >= 4 is 21.4 Å². The van der Waals surface area contributed by atoms with Crippen molar-refractivity contribution < 1.29 is 12.8 Å². The summed E-state index contributed by atoms with van der Waals surface area (Å²) in [7, 11) is -3.82. The van der Waals surface area contributed by atoms with E-state index in [-0.39, 0.29) is 15.2 Å². The number of aryl methyl sites for hydroxylation is 1. The van der Waals surface area contributed by atoms with Crippen LogP contribution in [0, 0.1) is 5.82 Å². The van der Waals surface area contributed by atoms with E-state index in [0.717, 1.165) is 25.0 Å². The van der Waals surface area contributed by atoms with Gasteiger partial charge in [-0.25, -0.2) is 22.8 Å². The standard InChI is InChI=1S/C14H12ClFN2O2S/c15-14-17-12-4-2-1-3-11(12)13(18-14)21(19,20)10-7-5-9(16)6-8-10/h5-8H,1-4H2. The van der Waals surface area contributed by atoms with Crippen LogP contribution >= 0.6 is 11.6 Å². The first kappa shape index (κ1) is 14.4. The second kappa shape index (κ2) is 5.35. The van der Waals surface area contributed by atoms with Gasteiger partial charge in [-0.05, 0) is 61.5 Å². The normalized spacial score (nSPS) is 14.8. The highest BCUT2D eigenvalue weighted by atomic mass is 35.5. The molecule has 7 heteroatoms. The molecule has 0 unspecified atom stereocenters. The second-order valence-electron chi connectivity index (χ2n) is 4.89. The van der Waals surface area contributed by atoms with Gasteiger partial charge in [0, 0.05) is 11.3 Å². The molecule has 3 rings (SSSR count). The molecule has 1 aliphatic carbocycles. The highest BCUT2D eigenvalue weighted by Crippen LogP contribution is 2.30. The molecule has 0 aliphatic heterocycles. The van der Waals surface area contributed by atoms with Gasteiger partial charge in [-0.1, -0.05) is 0 Å². The molecule has 1 aromatic heterocycles. The van der Waals surface area contributed by atoms with E-state index in [0.29, 0.717) is 24.1 Å². The van der Waals surface area contributed by atoms with E-state index >= 15 is 0 Å². The van der Waals surface area contributed by atoms with E-state index in [1.54, 1.807) is 0 Å². The fourth-order valence-corrected chi connectivity index (χ4v) is 4.18. The van der Waals surface area contributed by atoms with Gasteiger partial charge in [0.25, 0.3) is 0 Å². The van der Waals surface area contributed by atoms with Crippen LogP contribution in [0.2, 0.25) is 5.28 Å². The molecule has 1 heterocycles. The van der Waals surface area contributed by atoms with E-state index in [4.69, 9.17) is 11.6 Å². The molecule has 0 amide bonds. The quantitative estimate of drug-likeness (QED) is 0.483. The Morgan fingerprint density at radius 3 is 2.43 bits per heavy atom. The summed E-state index contributed by atoms with van der Waals surface area (Å²) in [4.78, 5) is 8.06. The zero-order valence-electron chi connectivity index (χ0n) is 11.0. The molecule has 0 N–H and O–H groups in total. The van der Waals surface area contributed by atoms with Crippen LogP contribution in [0.4, 0.5) is 4.39 Å². The number of hydrogen-bond acceptors (Lipinski definition) is 4. The lowest BCUT2D eigenvalue weighted by atomic mass is 9.98. The average Bonchev–Trinajstić information content (AvgIpc) is 2.46. The van der Waals surface area contributed by atoms with Crippen LogP contribution in [-0.2, 0) is 22.7 Å². The average molecular weight is 327 g/mol. The van der Waals surface area contributed by atoms with E-state index in [1.807, 2.05) is 0 Å². The fraction of sp³-hybridized carbons (Fsp3) is 0.286. The largest absolute Gasteiger partial charge is 0.224 e. The fourth-order valence-electron chi connectivity index (χ4n) is 2.48. The Morgan fingerprint density at radius 2 is 1.71 bits per heavy atom. The van der Waals surface area contributed by atoms with Crippen molar-refractivity contribution in [2.24, 2.45) is 0 Å². The summed E-state index contributed by atoms with van der Waals surface area (Å²) in [6.07, 6.45) is 3.16. The third-order valence-corrected chi connectivity index (χ3v) is 5.40. The topological polar surface area (TPSA) is 59.9 Å². The van der Waals surface area contributed by atoms with Gasteiger partial charge in [0.15, 0.2) is 5.03 Å². The van der Waals surface area contributed by atoms with Crippen LogP contribution in [0.1, 0.15) is 24.1 Å². The van der Waals surface area contributed by atoms with Crippen molar-refractivity contribution in [1.82, 2.24) is 9.97 Å². The molecule has 0 radical (unpaired) electrons. The van der Waals surface area contributed by atoms with Crippen LogP contribution in [0.3, 0.4) is 0 Å². The minimum atomic E-state index is -3.82. The monoisotopic (exact) mass is 326 g/mol. The van der Waals surface area contributed by atoms with E-state index < -0.39 is 15.7 Å². The van der Waals surface area contributed by atoms with Gasteiger partial charge < -0.3 is 0 Å². The molecule has 2 aromatic rings. The Kier molecular flexibility index (Phi) is 3.67. The SMILES string of the molecule is O=S(=O)(c1ccc(F)cc1)c1nc(Cl)nc2c1CCCC2. The van der Waals surface area contributed by atoms with Crippen molar-refractivity contribution in [2.75, 3.05) is 0 Å². The first-order chi connectivity index (χ1) is 9.98. The summed E-state index contributed by atoms with van der Waals surface area (Å²) in [5.41, 5.74) is 1.33. The molecule has 0 spiro atoms. The Balaban J connectivity index is 2.19. The lowest BCUT2D eigenvalue weighted by Gasteiger charge is -2.17. The van der Waals surface area contributed by atoms with E-state index in [1.165, 1.54) is 12.1 Å². The Hall–Kier alpha value is -1.53. The minimum absolute atomic E-state index is 0.00596. The van der Waals surface area contributed by atoms with Gasteiger partial charge in [0.1, 0.15) is 5.82 Å². The van der Waals surface area contributed by atoms with Gasteiger partial charge >= 0.3 is 0 Å². The summed E-state index contributed by atoms with van der Waals surface area (Å²) in [5.74, 6) is -0.489. The second-order valence-corrected chi connectivity index (χ2v) is 7.09. The summed E-state index contributed by atoms with van der Waals surface area (Å²) >= 11 is 5.85. The number of hydrogen-bond donors (Lipinski definition) is 0. The molecule has 21 heavy (non-hydrogen) atoms. The highest BCUT2D eigenvalue weighted by Gasteiger charge is 2.27. The Bertz CT molecular complexity index is 791. The molecule has 0 fully saturated rings. The third-order valence-electron chi connectivity index (χ3n) is 3.50. The number of benzene rings is 1. The molecular formula is C14H12ClFN2O2S. The molecule has 0 atom stereocenters. The lowest BCUT2D eigenvalue weighted by Crippen LogP contribution is -2.15. The zero-order valence-corrected chi connectivity index (χ0v) is 12.6. The number of nitrogens with zero attached hydrogens (tertiary/aromatic N) is 2. The summed E-state index contributed by atoms with van der Waals surface area (Å²) < 4.78 is 38.4. The Morgan fingerprint density at radius 1 is 1.05 bits per heavy atom. The van der Waals surface area contributed by atoms with Crippen LogP contribution in [0.15, 0.2) is 34.2 Å². The van der Waals surface area contributed by atoms with Crippen LogP contribution in [0.25, 0.3) is 0 Å². The van der Waals surface area contributed by atoms with Gasteiger partial charge in [-0.15, -0.1) is 0 Å². The molecule has 0 bridgehead atoms. The molecule has 110 valence electrons. The van der Waals surface area contributed by atoms with Crippen molar-refractivity contribution in [2.45, 2.75) is 35.6 Å². The summed E-state index contributed by atoms with van der Waals surface area (Å²) in [5, 5.41) is -0.125. The minimum Gasteiger partial charge on any atom is -0.223 e.